The summed E-state index contributed by atoms with van der Waals surface area (Å²) in [5.41, 5.74) is 15.0. The van der Waals surface area contributed by atoms with Crippen LogP contribution in [-0.2, 0) is 0 Å². The van der Waals surface area contributed by atoms with Gasteiger partial charge in [0.05, 0.1) is 6.54 Å². The van der Waals surface area contributed by atoms with E-state index in [2.05, 4.69) is 37.8 Å². The van der Waals surface area contributed by atoms with E-state index in [-0.39, 0.29) is 6.54 Å². The van der Waals surface area contributed by atoms with Crippen molar-refractivity contribution in [2.24, 2.45) is 5.11 Å². The normalized spacial score (nSPS) is 8.36. The molecule has 0 unspecified atom stereocenters. The zero-order chi connectivity index (χ0) is 10.4. The van der Waals surface area contributed by atoms with Gasteiger partial charge in [0.15, 0.2) is 0 Å². The first-order valence-corrected chi connectivity index (χ1v) is 4.58. The quantitative estimate of drug-likeness (QED) is 0.269. The first-order chi connectivity index (χ1) is 6.74. The van der Waals surface area contributed by atoms with Gasteiger partial charge in [0, 0.05) is 20.6 Å². The van der Waals surface area contributed by atoms with E-state index in [1.165, 1.54) is 0 Å². The summed E-state index contributed by atoms with van der Waals surface area (Å²) < 4.78 is 0.916. The molecule has 2 N–H and O–H groups in total. The molecule has 0 saturated heterocycles. The lowest BCUT2D eigenvalue weighted by Crippen LogP contribution is -1.89. The molecule has 0 radical (unpaired) electrons. The molecule has 0 heterocycles. The summed E-state index contributed by atoms with van der Waals surface area (Å²) in [5, 5.41) is 3.29. The Bertz CT molecular complexity index is 438. The number of halogens is 1. The van der Waals surface area contributed by atoms with Crippen LogP contribution in [0.4, 0.5) is 5.69 Å². The monoisotopic (exact) mass is 250 g/mol. The number of anilines is 1. The van der Waals surface area contributed by atoms with Crippen molar-refractivity contribution in [2.75, 3.05) is 12.3 Å². The maximum Gasteiger partial charge on any atom is 0.0880 e. The lowest BCUT2D eigenvalue weighted by atomic mass is 10.2. The molecule has 0 aliphatic heterocycles. The minimum Gasteiger partial charge on any atom is -0.398 e. The molecule has 0 amide bonds. The third kappa shape index (κ3) is 3.02. The van der Waals surface area contributed by atoms with Gasteiger partial charge in [-0.05, 0) is 23.7 Å². The van der Waals surface area contributed by atoms with Crippen LogP contribution in [0.3, 0.4) is 0 Å². The first kappa shape index (κ1) is 10.5. The van der Waals surface area contributed by atoms with Crippen LogP contribution in [-0.4, -0.2) is 6.54 Å². The third-order valence-electron chi connectivity index (χ3n) is 1.45. The predicted molar refractivity (Wildman–Crippen MR) is 59.4 cm³/mol. The molecule has 14 heavy (non-hydrogen) atoms. The highest BCUT2D eigenvalue weighted by atomic mass is 79.9. The SMILES string of the molecule is [N-]=[N+]=NCC#Cc1cc(Br)ccc1N. The molecule has 0 fully saturated rings. The van der Waals surface area contributed by atoms with Crippen molar-refractivity contribution < 1.29 is 0 Å². The van der Waals surface area contributed by atoms with Gasteiger partial charge in [-0.25, -0.2) is 0 Å². The van der Waals surface area contributed by atoms with Gasteiger partial charge in [-0.2, -0.15) is 0 Å². The maximum atomic E-state index is 8.02. The minimum atomic E-state index is 0.155. The molecule has 0 aromatic heterocycles. The number of azide groups is 1. The molecule has 0 aliphatic rings. The molecule has 1 aromatic rings. The number of hydrogen-bond acceptors (Lipinski definition) is 2. The first-order valence-electron chi connectivity index (χ1n) is 3.79. The van der Waals surface area contributed by atoms with E-state index < -0.39 is 0 Å². The van der Waals surface area contributed by atoms with Gasteiger partial charge in [-0.3, -0.25) is 0 Å². The van der Waals surface area contributed by atoms with Gasteiger partial charge in [0.2, 0.25) is 0 Å². The Labute approximate surface area is 89.9 Å². The van der Waals surface area contributed by atoms with Gasteiger partial charge < -0.3 is 5.73 Å². The Balaban J connectivity index is 2.88. The van der Waals surface area contributed by atoms with E-state index >= 15 is 0 Å². The van der Waals surface area contributed by atoms with Crippen molar-refractivity contribution in [3.05, 3.63) is 38.7 Å². The van der Waals surface area contributed by atoms with E-state index in [9.17, 15) is 0 Å². The standard InChI is InChI=1S/C9H7BrN4/c10-8-3-4-9(11)7(6-8)2-1-5-13-14-12/h3-4,6H,5,11H2. The minimum absolute atomic E-state index is 0.155. The van der Waals surface area contributed by atoms with Crippen LogP contribution < -0.4 is 5.73 Å². The number of nitrogens with two attached hydrogens (primary N) is 1. The van der Waals surface area contributed by atoms with Gasteiger partial charge in [-0.15, -0.1) is 0 Å². The molecular formula is C9H7BrN4. The summed E-state index contributed by atoms with van der Waals surface area (Å²) in [6.45, 7) is 0.155. The number of nitrogen functional groups attached to an aromatic ring is 1. The number of rotatable bonds is 1. The van der Waals surface area contributed by atoms with Crippen LogP contribution in [0.1, 0.15) is 5.56 Å². The lowest BCUT2D eigenvalue weighted by Gasteiger charge is -1.97. The molecule has 70 valence electrons. The van der Waals surface area contributed by atoms with Gasteiger partial charge in [0.1, 0.15) is 0 Å². The number of nitrogens with zero attached hydrogens (tertiary/aromatic N) is 3. The molecule has 1 aromatic carbocycles. The second-order valence-electron chi connectivity index (χ2n) is 2.42. The van der Waals surface area contributed by atoms with Crippen LogP contribution in [0, 0.1) is 11.8 Å². The van der Waals surface area contributed by atoms with Crippen LogP contribution in [0.2, 0.25) is 0 Å². The average molecular weight is 251 g/mol. The molecule has 0 bridgehead atoms. The second kappa shape index (κ2) is 5.18. The zero-order valence-corrected chi connectivity index (χ0v) is 8.82. The Morgan fingerprint density at radius 2 is 2.36 bits per heavy atom. The summed E-state index contributed by atoms with van der Waals surface area (Å²) in [6.07, 6.45) is 0. The smallest absolute Gasteiger partial charge is 0.0880 e. The van der Waals surface area contributed by atoms with Crippen molar-refractivity contribution in [1.82, 2.24) is 0 Å². The molecule has 0 spiro atoms. The van der Waals surface area contributed by atoms with Crippen LogP contribution in [0.5, 0.6) is 0 Å². The highest BCUT2D eigenvalue weighted by molar-refractivity contribution is 9.10. The van der Waals surface area contributed by atoms with E-state index in [0.29, 0.717) is 5.69 Å². The van der Waals surface area contributed by atoms with Gasteiger partial charge in [-0.1, -0.05) is 32.9 Å². The Hall–Kier alpha value is -1.63. The zero-order valence-electron chi connectivity index (χ0n) is 7.24. The van der Waals surface area contributed by atoms with Crippen LogP contribution in [0.25, 0.3) is 10.4 Å². The lowest BCUT2D eigenvalue weighted by molar-refractivity contribution is 1.25. The topological polar surface area (TPSA) is 74.8 Å². The number of benzene rings is 1. The molecule has 5 heteroatoms. The van der Waals surface area contributed by atoms with E-state index in [4.69, 9.17) is 11.3 Å². The highest BCUT2D eigenvalue weighted by Gasteiger charge is 1.94. The summed E-state index contributed by atoms with van der Waals surface area (Å²) in [7, 11) is 0. The largest absolute Gasteiger partial charge is 0.398 e. The summed E-state index contributed by atoms with van der Waals surface area (Å²) >= 11 is 3.31. The van der Waals surface area contributed by atoms with Crippen molar-refractivity contribution >= 4 is 21.6 Å². The second-order valence-corrected chi connectivity index (χ2v) is 3.34. The fourth-order valence-corrected chi connectivity index (χ4v) is 1.20. The van der Waals surface area contributed by atoms with E-state index in [1.54, 1.807) is 6.07 Å². The molecule has 0 saturated carbocycles. The van der Waals surface area contributed by atoms with E-state index in [1.807, 2.05) is 12.1 Å². The van der Waals surface area contributed by atoms with Crippen LogP contribution >= 0.6 is 15.9 Å². The Kier molecular flexibility index (Phi) is 3.86. The fourth-order valence-electron chi connectivity index (χ4n) is 0.838. The van der Waals surface area contributed by atoms with Crippen molar-refractivity contribution in [1.29, 1.82) is 0 Å². The molecular weight excluding hydrogens is 244 g/mol. The fraction of sp³-hybridized carbons (Fsp3) is 0.111. The summed E-state index contributed by atoms with van der Waals surface area (Å²) in [4.78, 5) is 2.59. The van der Waals surface area contributed by atoms with Gasteiger partial charge in [0.25, 0.3) is 0 Å². The average Bonchev–Trinajstić information content (AvgIpc) is 2.18. The highest BCUT2D eigenvalue weighted by Crippen LogP contribution is 2.17. The molecule has 0 atom stereocenters. The van der Waals surface area contributed by atoms with Crippen LogP contribution in [0.15, 0.2) is 27.8 Å². The Morgan fingerprint density at radius 3 is 3.07 bits per heavy atom. The van der Waals surface area contributed by atoms with Crippen molar-refractivity contribution in [3.8, 4) is 11.8 Å². The third-order valence-corrected chi connectivity index (χ3v) is 1.94. The molecule has 1 rings (SSSR count). The summed E-state index contributed by atoms with van der Waals surface area (Å²) in [5.74, 6) is 5.52. The summed E-state index contributed by atoms with van der Waals surface area (Å²) in [6, 6.07) is 5.42. The van der Waals surface area contributed by atoms with Gasteiger partial charge >= 0.3 is 0 Å². The maximum absolute atomic E-state index is 8.02. The van der Waals surface area contributed by atoms with Crippen molar-refractivity contribution in [3.63, 3.8) is 0 Å². The molecule has 0 aliphatic carbocycles. The van der Waals surface area contributed by atoms with Crippen molar-refractivity contribution in [2.45, 2.75) is 0 Å². The molecule has 4 nitrogen and oxygen atoms in total. The predicted octanol–water partition coefficient (Wildman–Crippen LogP) is 2.69. The Morgan fingerprint density at radius 1 is 1.57 bits per heavy atom. The van der Waals surface area contributed by atoms with E-state index in [0.717, 1.165) is 10.0 Å². The number of hydrogen-bond donors (Lipinski definition) is 1.